The summed E-state index contributed by atoms with van der Waals surface area (Å²) >= 11 is 11.9. The predicted octanol–water partition coefficient (Wildman–Crippen LogP) is 5.49. The van der Waals surface area contributed by atoms with Crippen molar-refractivity contribution in [3.05, 3.63) is 60.2 Å². The number of rotatable bonds is 12. The van der Waals surface area contributed by atoms with E-state index in [9.17, 15) is 4.79 Å². The van der Waals surface area contributed by atoms with Crippen LogP contribution in [0.4, 0.5) is 0 Å². The largest absolute Gasteiger partial charge is 0.457 e. The first-order chi connectivity index (χ1) is 14.5. The Balaban J connectivity index is 2.32. The van der Waals surface area contributed by atoms with E-state index in [0.29, 0.717) is 19.8 Å². The van der Waals surface area contributed by atoms with Crippen molar-refractivity contribution in [2.75, 3.05) is 32.8 Å². The van der Waals surface area contributed by atoms with Gasteiger partial charge in [0.15, 0.2) is 4.84 Å². The Morgan fingerprint density at radius 3 is 2.07 bits per heavy atom. The van der Waals surface area contributed by atoms with Gasteiger partial charge in [-0.1, -0.05) is 67.4 Å². The fourth-order valence-corrected chi connectivity index (χ4v) is 3.53. The number of para-hydroxylation sites is 1. The average Bonchev–Trinajstić information content (AvgIpc) is 2.76. The Labute approximate surface area is 189 Å². The lowest BCUT2D eigenvalue weighted by Crippen LogP contribution is -2.47. The molecule has 0 aliphatic rings. The Hall–Kier alpha value is -1.79. The second kappa shape index (κ2) is 12.8. The smallest absolute Gasteiger partial charge is 0.257 e. The van der Waals surface area contributed by atoms with E-state index in [1.54, 1.807) is 4.90 Å². The van der Waals surface area contributed by atoms with Crippen LogP contribution in [0, 0.1) is 0 Å². The van der Waals surface area contributed by atoms with Crippen molar-refractivity contribution >= 4 is 29.1 Å². The van der Waals surface area contributed by atoms with Crippen LogP contribution in [0.1, 0.15) is 32.5 Å². The molecule has 0 aliphatic carbocycles. The number of hydrogen-bond donors (Lipinski definition) is 0. The first kappa shape index (κ1) is 24.5. The number of hydrogen-bond acceptors (Lipinski definition) is 4. The van der Waals surface area contributed by atoms with Crippen LogP contribution >= 0.6 is 23.2 Å². The van der Waals surface area contributed by atoms with Crippen LogP contribution < -0.4 is 4.74 Å². The minimum absolute atomic E-state index is 0.307. The molecule has 7 heteroatoms. The number of alkyl halides is 2. The zero-order valence-corrected chi connectivity index (χ0v) is 19.3. The van der Waals surface area contributed by atoms with Crippen LogP contribution in [0.2, 0.25) is 0 Å². The van der Waals surface area contributed by atoms with Crippen LogP contribution in [0.5, 0.6) is 11.5 Å². The van der Waals surface area contributed by atoms with Gasteiger partial charge in [-0.25, -0.2) is 0 Å². The summed E-state index contributed by atoms with van der Waals surface area (Å²) in [7, 11) is 0. The maximum atomic E-state index is 12.9. The van der Waals surface area contributed by atoms with E-state index in [0.717, 1.165) is 30.2 Å². The zero-order valence-electron chi connectivity index (χ0n) is 17.8. The summed E-state index contributed by atoms with van der Waals surface area (Å²) in [4.78, 5) is 15.6. The Kier molecular flexibility index (Phi) is 10.4. The molecule has 2 aromatic carbocycles. The molecule has 0 radical (unpaired) electrons. The molecular formula is C23H30Cl2N2O3. The summed E-state index contributed by atoms with van der Waals surface area (Å²) in [5, 5.41) is 0. The van der Waals surface area contributed by atoms with Gasteiger partial charge in [0.2, 0.25) is 0 Å². The second-order valence-electron chi connectivity index (χ2n) is 6.61. The highest BCUT2D eigenvalue weighted by Gasteiger charge is 2.31. The topological polar surface area (TPSA) is 42.0 Å². The molecule has 0 bridgehead atoms. The van der Waals surface area contributed by atoms with E-state index < -0.39 is 4.84 Å². The van der Waals surface area contributed by atoms with Gasteiger partial charge < -0.3 is 14.4 Å². The van der Waals surface area contributed by atoms with Crippen molar-refractivity contribution in [2.24, 2.45) is 0 Å². The fraction of sp³-hybridized carbons (Fsp3) is 0.435. The lowest BCUT2D eigenvalue weighted by molar-refractivity contribution is -0.137. The van der Waals surface area contributed by atoms with E-state index in [1.165, 1.54) is 0 Å². The van der Waals surface area contributed by atoms with E-state index in [4.69, 9.17) is 32.7 Å². The van der Waals surface area contributed by atoms with Crippen molar-refractivity contribution in [2.45, 2.75) is 31.8 Å². The van der Waals surface area contributed by atoms with Gasteiger partial charge in [0.05, 0.1) is 6.61 Å². The lowest BCUT2D eigenvalue weighted by Gasteiger charge is -2.39. The molecule has 2 rings (SSSR count). The summed E-state index contributed by atoms with van der Waals surface area (Å²) in [6.45, 7) is 8.96. The van der Waals surface area contributed by atoms with Crippen LogP contribution in [-0.4, -0.2) is 53.4 Å². The van der Waals surface area contributed by atoms with Crippen LogP contribution in [0.15, 0.2) is 54.6 Å². The highest BCUT2D eigenvalue weighted by atomic mass is 35.5. The Morgan fingerprint density at radius 2 is 1.53 bits per heavy atom. The molecule has 0 aromatic heterocycles. The quantitative estimate of drug-likeness (QED) is 0.242. The molecule has 0 fully saturated rings. The van der Waals surface area contributed by atoms with E-state index >= 15 is 0 Å². The minimum Gasteiger partial charge on any atom is -0.457 e. The second-order valence-corrected chi connectivity index (χ2v) is 7.70. The molecule has 1 unspecified atom stereocenters. The number of benzene rings is 2. The molecule has 1 amide bonds. The molecule has 2 aromatic rings. The first-order valence-corrected chi connectivity index (χ1v) is 11.1. The van der Waals surface area contributed by atoms with E-state index in [2.05, 4.69) is 18.7 Å². The van der Waals surface area contributed by atoms with Crippen molar-refractivity contribution < 1.29 is 14.3 Å². The van der Waals surface area contributed by atoms with Crippen LogP contribution in [0.3, 0.4) is 0 Å². The van der Waals surface area contributed by atoms with Gasteiger partial charge in [-0.15, -0.1) is 0 Å². The standard InChI is InChI=1S/C23H30Cl2N2O3/c1-4-26(5-2)22(27(16-17-29-6-3)23(28)21(24)25)18-12-14-20(15-13-18)30-19-10-8-7-9-11-19/h7-15,21-22H,4-6,16-17H2,1-3H3. The number of carbonyl (C=O) groups is 1. The van der Waals surface area contributed by atoms with Gasteiger partial charge in [-0.05, 0) is 49.8 Å². The summed E-state index contributed by atoms with van der Waals surface area (Å²) < 4.78 is 11.4. The number of halogens is 2. The zero-order chi connectivity index (χ0) is 21.9. The molecule has 0 heterocycles. The van der Waals surface area contributed by atoms with Gasteiger partial charge in [-0.2, -0.15) is 0 Å². The SMILES string of the molecule is CCOCCN(C(=O)C(Cl)Cl)C(c1ccc(Oc2ccccc2)cc1)N(CC)CC. The molecule has 30 heavy (non-hydrogen) atoms. The fourth-order valence-electron chi connectivity index (χ4n) is 3.28. The third-order valence-electron chi connectivity index (χ3n) is 4.76. The van der Waals surface area contributed by atoms with Crippen LogP contribution in [0.25, 0.3) is 0 Å². The van der Waals surface area contributed by atoms with Gasteiger partial charge in [-0.3, -0.25) is 9.69 Å². The molecule has 0 saturated heterocycles. The predicted molar refractivity (Wildman–Crippen MR) is 122 cm³/mol. The normalized spacial score (nSPS) is 12.2. The maximum absolute atomic E-state index is 12.9. The molecule has 1 atom stereocenters. The monoisotopic (exact) mass is 452 g/mol. The van der Waals surface area contributed by atoms with Crippen molar-refractivity contribution in [3.8, 4) is 11.5 Å². The van der Waals surface area contributed by atoms with Gasteiger partial charge in [0.1, 0.15) is 17.7 Å². The highest BCUT2D eigenvalue weighted by molar-refractivity contribution is 6.53. The number of carbonyl (C=O) groups excluding carboxylic acids is 1. The van der Waals surface area contributed by atoms with Crippen LogP contribution in [-0.2, 0) is 9.53 Å². The Bertz CT molecular complexity index is 753. The molecule has 0 spiro atoms. The molecule has 0 aliphatic heterocycles. The molecule has 5 nitrogen and oxygen atoms in total. The third kappa shape index (κ3) is 6.88. The molecular weight excluding hydrogens is 423 g/mol. The average molecular weight is 453 g/mol. The summed E-state index contributed by atoms with van der Waals surface area (Å²) in [5.41, 5.74) is 0.956. The molecule has 0 saturated carbocycles. The number of amides is 1. The summed E-state index contributed by atoms with van der Waals surface area (Å²) in [5.74, 6) is 1.16. The van der Waals surface area contributed by atoms with E-state index in [-0.39, 0.29) is 12.1 Å². The minimum atomic E-state index is -1.13. The summed E-state index contributed by atoms with van der Waals surface area (Å²) in [6, 6.07) is 17.4. The first-order valence-electron chi connectivity index (χ1n) is 10.2. The highest BCUT2D eigenvalue weighted by Crippen LogP contribution is 2.30. The summed E-state index contributed by atoms with van der Waals surface area (Å²) in [6.07, 6.45) is -0.307. The van der Waals surface area contributed by atoms with Gasteiger partial charge in [0, 0.05) is 13.2 Å². The molecule has 164 valence electrons. The molecule has 0 N–H and O–H groups in total. The van der Waals surface area contributed by atoms with Crippen molar-refractivity contribution in [3.63, 3.8) is 0 Å². The maximum Gasteiger partial charge on any atom is 0.257 e. The third-order valence-corrected chi connectivity index (χ3v) is 5.13. The number of nitrogens with zero attached hydrogens (tertiary/aromatic N) is 2. The number of ether oxygens (including phenoxy) is 2. The van der Waals surface area contributed by atoms with Crippen molar-refractivity contribution in [1.82, 2.24) is 9.80 Å². The van der Waals surface area contributed by atoms with Gasteiger partial charge >= 0.3 is 0 Å². The Morgan fingerprint density at radius 1 is 0.933 bits per heavy atom. The van der Waals surface area contributed by atoms with Crippen molar-refractivity contribution in [1.29, 1.82) is 0 Å². The van der Waals surface area contributed by atoms with Gasteiger partial charge in [0.25, 0.3) is 5.91 Å². The van der Waals surface area contributed by atoms with E-state index in [1.807, 2.05) is 61.5 Å². The lowest BCUT2D eigenvalue weighted by atomic mass is 10.1.